The first-order chi connectivity index (χ1) is 13.9. The molecule has 2 N–H and O–H groups in total. The topological polar surface area (TPSA) is 113 Å². The number of hydrogen-bond acceptors (Lipinski definition) is 6. The lowest BCUT2D eigenvalue weighted by Gasteiger charge is -2.43. The van der Waals surface area contributed by atoms with Gasteiger partial charge in [-0.3, -0.25) is 9.59 Å². The van der Waals surface area contributed by atoms with E-state index in [0.29, 0.717) is 24.8 Å². The summed E-state index contributed by atoms with van der Waals surface area (Å²) in [5.41, 5.74) is 6.27. The average molecular weight is 401 g/mol. The molecular formula is C20H27N5O4. The van der Waals surface area contributed by atoms with E-state index in [9.17, 15) is 9.59 Å². The quantitative estimate of drug-likeness (QED) is 0.706. The molecule has 0 bridgehead atoms. The van der Waals surface area contributed by atoms with E-state index in [1.54, 1.807) is 11.8 Å². The van der Waals surface area contributed by atoms with Gasteiger partial charge in [0.1, 0.15) is 12.7 Å². The Morgan fingerprint density at radius 1 is 1.34 bits per heavy atom. The van der Waals surface area contributed by atoms with Crippen molar-refractivity contribution >= 4 is 11.8 Å². The standard InChI is InChI=1S/C20H27N5O4/c1-13(2)25-17(27)12-29-19(18(25)14-7-5-4-6-8-14)20-22-16(11-15(21)26)23-24(20)9-10-28-3/h4-8,13,18-19H,9-12H2,1-3H3,(H2,21,26)/t18-,19+/m1/s1. The number of primary amides is 1. The van der Waals surface area contributed by atoms with Crippen LogP contribution in [0.25, 0.3) is 0 Å². The number of nitrogens with two attached hydrogens (primary N) is 1. The number of amides is 2. The van der Waals surface area contributed by atoms with Crippen LogP contribution in [0.1, 0.15) is 43.2 Å². The van der Waals surface area contributed by atoms with Gasteiger partial charge in [-0.25, -0.2) is 9.67 Å². The summed E-state index contributed by atoms with van der Waals surface area (Å²) in [6, 6.07) is 9.32. The molecule has 1 aromatic carbocycles. The molecule has 0 radical (unpaired) electrons. The van der Waals surface area contributed by atoms with Crippen LogP contribution in [0, 0.1) is 0 Å². The van der Waals surface area contributed by atoms with Crippen molar-refractivity contribution in [3.8, 4) is 0 Å². The molecule has 9 nitrogen and oxygen atoms in total. The molecule has 2 amide bonds. The molecule has 29 heavy (non-hydrogen) atoms. The Kier molecular flexibility index (Phi) is 6.60. The molecule has 2 heterocycles. The number of nitrogens with zero attached hydrogens (tertiary/aromatic N) is 4. The molecule has 9 heteroatoms. The van der Waals surface area contributed by atoms with Crippen molar-refractivity contribution in [3.05, 3.63) is 47.5 Å². The lowest BCUT2D eigenvalue weighted by molar-refractivity contribution is -0.163. The highest BCUT2D eigenvalue weighted by Crippen LogP contribution is 2.40. The van der Waals surface area contributed by atoms with Gasteiger partial charge in [0.05, 0.1) is 25.6 Å². The van der Waals surface area contributed by atoms with Gasteiger partial charge in [0.2, 0.25) is 11.8 Å². The van der Waals surface area contributed by atoms with Crippen LogP contribution >= 0.6 is 0 Å². The monoisotopic (exact) mass is 401 g/mol. The Hall–Kier alpha value is -2.78. The molecule has 0 spiro atoms. The predicted molar refractivity (Wildman–Crippen MR) is 105 cm³/mol. The van der Waals surface area contributed by atoms with Crippen molar-refractivity contribution in [2.75, 3.05) is 20.3 Å². The van der Waals surface area contributed by atoms with Crippen molar-refractivity contribution in [3.63, 3.8) is 0 Å². The molecule has 1 saturated heterocycles. The minimum Gasteiger partial charge on any atom is -0.383 e. The zero-order valence-electron chi connectivity index (χ0n) is 16.9. The largest absolute Gasteiger partial charge is 0.383 e. The van der Waals surface area contributed by atoms with Gasteiger partial charge in [-0.15, -0.1) is 0 Å². The summed E-state index contributed by atoms with van der Waals surface area (Å²) < 4.78 is 12.8. The zero-order valence-corrected chi connectivity index (χ0v) is 16.9. The third-order valence-corrected chi connectivity index (χ3v) is 4.80. The van der Waals surface area contributed by atoms with E-state index in [4.69, 9.17) is 15.2 Å². The molecule has 2 atom stereocenters. The molecule has 1 aliphatic rings. The molecule has 156 valence electrons. The van der Waals surface area contributed by atoms with Crippen LogP contribution in [0.15, 0.2) is 30.3 Å². The van der Waals surface area contributed by atoms with Gasteiger partial charge in [0, 0.05) is 13.2 Å². The van der Waals surface area contributed by atoms with Gasteiger partial charge in [-0.05, 0) is 19.4 Å². The van der Waals surface area contributed by atoms with Gasteiger partial charge in [0.25, 0.3) is 0 Å². The van der Waals surface area contributed by atoms with E-state index < -0.39 is 12.0 Å². The highest BCUT2D eigenvalue weighted by molar-refractivity contribution is 5.79. The number of carbonyl (C=O) groups is 2. The first-order valence-corrected chi connectivity index (χ1v) is 9.61. The van der Waals surface area contributed by atoms with E-state index in [2.05, 4.69) is 10.1 Å². The van der Waals surface area contributed by atoms with E-state index in [-0.39, 0.29) is 31.0 Å². The molecule has 0 saturated carbocycles. The maximum atomic E-state index is 12.7. The number of rotatable bonds is 8. The smallest absolute Gasteiger partial charge is 0.249 e. The Morgan fingerprint density at radius 2 is 2.07 bits per heavy atom. The number of methoxy groups -OCH3 is 1. The summed E-state index contributed by atoms with van der Waals surface area (Å²) in [6.07, 6.45) is -0.605. The second kappa shape index (κ2) is 9.15. The molecular weight excluding hydrogens is 374 g/mol. The summed E-state index contributed by atoms with van der Waals surface area (Å²) in [5.74, 6) is 0.284. The Bertz CT molecular complexity index is 852. The molecule has 1 aliphatic heterocycles. The Labute approximate surface area is 169 Å². The van der Waals surface area contributed by atoms with Crippen LogP contribution in [0.4, 0.5) is 0 Å². The van der Waals surface area contributed by atoms with E-state index in [1.807, 2.05) is 49.1 Å². The van der Waals surface area contributed by atoms with Crippen molar-refractivity contribution in [1.82, 2.24) is 19.7 Å². The number of hydrogen-bond donors (Lipinski definition) is 1. The maximum absolute atomic E-state index is 12.7. The third kappa shape index (κ3) is 4.63. The van der Waals surface area contributed by atoms with Gasteiger partial charge in [-0.2, -0.15) is 5.10 Å². The second-order valence-electron chi connectivity index (χ2n) is 7.23. The van der Waals surface area contributed by atoms with Crippen molar-refractivity contribution in [2.45, 2.75) is 45.0 Å². The van der Waals surface area contributed by atoms with Gasteiger partial charge < -0.3 is 20.1 Å². The minimum atomic E-state index is -0.538. The van der Waals surface area contributed by atoms with E-state index >= 15 is 0 Å². The van der Waals surface area contributed by atoms with E-state index in [1.165, 1.54) is 0 Å². The number of carbonyl (C=O) groups excluding carboxylic acids is 2. The normalized spacial score (nSPS) is 19.7. The molecule has 3 rings (SSSR count). The molecule has 1 aromatic heterocycles. The van der Waals surface area contributed by atoms with Crippen molar-refractivity contribution in [1.29, 1.82) is 0 Å². The summed E-state index contributed by atoms with van der Waals surface area (Å²) >= 11 is 0. The molecule has 0 unspecified atom stereocenters. The first-order valence-electron chi connectivity index (χ1n) is 9.61. The summed E-state index contributed by atoms with van der Waals surface area (Å²) in [4.78, 5) is 30.4. The second-order valence-corrected chi connectivity index (χ2v) is 7.23. The van der Waals surface area contributed by atoms with Crippen LogP contribution in [0.5, 0.6) is 0 Å². The fourth-order valence-electron chi connectivity index (χ4n) is 3.62. The highest BCUT2D eigenvalue weighted by atomic mass is 16.5. The van der Waals surface area contributed by atoms with Crippen LogP contribution in [0.2, 0.25) is 0 Å². The summed E-state index contributed by atoms with van der Waals surface area (Å²) in [5, 5.41) is 4.42. The average Bonchev–Trinajstić information content (AvgIpc) is 3.08. The van der Waals surface area contributed by atoms with E-state index in [0.717, 1.165) is 5.56 Å². The van der Waals surface area contributed by atoms with Crippen molar-refractivity contribution in [2.24, 2.45) is 5.73 Å². The number of aromatic nitrogens is 3. The molecule has 0 aliphatic carbocycles. The fourth-order valence-corrected chi connectivity index (χ4v) is 3.62. The van der Waals surface area contributed by atoms with Crippen LogP contribution < -0.4 is 5.73 Å². The number of morpholine rings is 1. The first kappa shape index (κ1) is 20.9. The zero-order chi connectivity index (χ0) is 21.0. The van der Waals surface area contributed by atoms with Crippen molar-refractivity contribution < 1.29 is 19.1 Å². The van der Waals surface area contributed by atoms with Gasteiger partial charge in [0.15, 0.2) is 11.6 Å². The Balaban J connectivity index is 2.07. The maximum Gasteiger partial charge on any atom is 0.249 e. The lowest BCUT2D eigenvalue weighted by atomic mass is 9.95. The molecule has 2 aromatic rings. The van der Waals surface area contributed by atoms with Gasteiger partial charge in [-0.1, -0.05) is 30.3 Å². The van der Waals surface area contributed by atoms with Crippen LogP contribution in [-0.4, -0.2) is 57.8 Å². The summed E-state index contributed by atoms with van der Waals surface area (Å²) in [7, 11) is 1.60. The Morgan fingerprint density at radius 3 is 2.69 bits per heavy atom. The minimum absolute atomic E-state index is 0.0282. The SMILES string of the molecule is COCCn1nc(CC(N)=O)nc1[C@H]1OCC(=O)N(C(C)C)[C@@H]1c1ccccc1. The molecule has 1 fully saturated rings. The number of ether oxygens (including phenoxy) is 2. The van der Waals surface area contributed by atoms with Crippen LogP contribution in [0.3, 0.4) is 0 Å². The number of benzene rings is 1. The highest BCUT2D eigenvalue weighted by Gasteiger charge is 2.42. The van der Waals surface area contributed by atoms with Gasteiger partial charge >= 0.3 is 0 Å². The lowest BCUT2D eigenvalue weighted by Crippen LogP contribution is -2.49. The fraction of sp³-hybridized carbons (Fsp3) is 0.500. The predicted octanol–water partition coefficient (Wildman–Crippen LogP) is 1.00. The third-order valence-electron chi connectivity index (χ3n) is 4.80. The summed E-state index contributed by atoms with van der Waals surface area (Å²) in [6.45, 7) is 4.76. The van der Waals surface area contributed by atoms with Crippen LogP contribution in [-0.2, 0) is 32.0 Å².